The zero-order valence-corrected chi connectivity index (χ0v) is 10.6. The van der Waals surface area contributed by atoms with E-state index in [-0.39, 0.29) is 5.95 Å². The average Bonchev–Trinajstić information content (AvgIpc) is 2.87. The summed E-state index contributed by atoms with van der Waals surface area (Å²) in [7, 11) is 0. The number of nitriles is 1. The zero-order valence-electron chi connectivity index (χ0n) is 9.79. The predicted molar refractivity (Wildman–Crippen MR) is 76.3 cm³/mol. The lowest BCUT2D eigenvalue weighted by atomic mass is 10.2. The van der Waals surface area contributed by atoms with Gasteiger partial charge in [0.05, 0.1) is 16.6 Å². The number of anilines is 3. The van der Waals surface area contributed by atoms with E-state index in [1.807, 2.05) is 29.6 Å². The maximum Gasteiger partial charge on any atom is 0.223 e. The molecule has 3 aromatic rings. The van der Waals surface area contributed by atoms with Crippen molar-refractivity contribution in [3.63, 3.8) is 0 Å². The van der Waals surface area contributed by atoms with Crippen molar-refractivity contribution in [2.24, 2.45) is 0 Å². The van der Waals surface area contributed by atoms with Crippen LogP contribution in [-0.4, -0.2) is 9.97 Å². The minimum Gasteiger partial charge on any atom is -0.368 e. The number of thiophene rings is 1. The SMILES string of the molecule is N#Cc1ccccc1Nc1nc(N)nc2sccc12. The first kappa shape index (κ1) is 11.4. The van der Waals surface area contributed by atoms with Crippen molar-refractivity contribution < 1.29 is 0 Å². The molecule has 0 atom stereocenters. The molecule has 0 radical (unpaired) electrons. The highest BCUT2D eigenvalue weighted by molar-refractivity contribution is 7.16. The van der Waals surface area contributed by atoms with E-state index in [9.17, 15) is 0 Å². The Balaban J connectivity index is 2.11. The second-order valence-corrected chi connectivity index (χ2v) is 4.75. The van der Waals surface area contributed by atoms with Crippen molar-refractivity contribution in [1.82, 2.24) is 9.97 Å². The summed E-state index contributed by atoms with van der Waals surface area (Å²) in [6.45, 7) is 0. The van der Waals surface area contributed by atoms with Gasteiger partial charge in [-0.1, -0.05) is 12.1 Å². The number of aromatic nitrogens is 2. The Bertz CT molecular complexity index is 787. The van der Waals surface area contributed by atoms with Crippen LogP contribution in [0.2, 0.25) is 0 Å². The molecule has 2 heterocycles. The fourth-order valence-electron chi connectivity index (χ4n) is 1.78. The van der Waals surface area contributed by atoms with Crippen molar-refractivity contribution in [3.05, 3.63) is 41.3 Å². The lowest BCUT2D eigenvalue weighted by Gasteiger charge is -2.08. The number of hydrogen-bond donors (Lipinski definition) is 2. The van der Waals surface area contributed by atoms with Crippen LogP contribution >= 0.6 is 11.3 Å². The highest BCUT2D eigenvalue weighted by Gasteiger charge is 2.09. The van der Waals surface area contributed by atoms with Crippen molar-refractivity contribution in [2.45, 2.75) is 0 Å². The monoisotopic (exact) mass is 267 g/mol. The summed E-state index contributed by atoms with van der Waals surface area (Å²) in [5, 5.41) is 15.1. The van der Waals surface area contributed by atoms with Gasteiger partial charge in [-0.25, -0.2) is 4.98 Å². The van der Waals surface area contributed by atoms with Gasteiger partial charge in [0.2, 0.25) is 5.95 Å². The third-order valence-electron chi connectivity index (χ3n) is 2.64. The van der Waals surface area contributed by atoms with Gasteiger partial charge in [0.1, 0.15) is 16.7 Å². The van der Waals surface area contributed by atoms with Crippen molar-refractivity contribution in [2.75, 3.05) is 11.1 Å². The largest absolute Gasteiger partial charge is 0.368 e. The average molecular weight is 267 g/mol. The lowest BCUT2D eigenvalue weighted by molar-refractivity contribution is 1.24. The molecule has 3 N–H and O–H groups in total. The molecule has 0 fully saturated rings. The minimum absolute atomic E-state index is 0.215. The summed E-state index contributed by atoms with van der Waals surface area (Å²) in [5.41, 5.74) is 6.95. The summed E-state index contributed by atoms with van der Waals surface area (Å²) < 4.78 is 0. The Morgan fingerprint density at radius 3 is 2.89 bits per heavy atom. The van der Waals surface area contributed by atoms with Crippen LogP contribution in [0.1, 0.15) is 5.56 Å². The Hall–Kier alpha value is -2.65. The van der Waals surface area contributed by atoms with E-state index < -0.39 is 0 Å². The number of nitrogens with zero attached hydrogens (tertiary/aromatic N) is 3. The molecular weight excluding hydrogens is 258 g/mol. The molecule has 1 aromatic carbocycles. The van der Waals surface area contributed by atoms with Gasteiger partial charge in [0, 0.05) is 0 Å². The Morgan fingerprint density at radius 2 is 2.05 bits per heavy atom. The van der Waals surface area contributed by atoms with E-state index in [4.69, 9.17) is 11.0 Å². The van der Waals surface area contributed by atoms with Crippen LogP contribution in [0.5, 0.6) is 0 Å². The highest BCUT2D eigenvalue weighted by atomic mass is 32.1. The van der Waals surface area contributed by atoms with E-state index in [1.54, 1.807) is 6.07 Å². The Morgan fingerprint density at radius 1 is 1.21 bits per heavy atom. The van der Waals surface area contributed by atoms with Gasteiger partial charge in [0.25, 0.3) is 0 Å². The maximum atomic E-state index is 9.08. The first-order valence-electron chi connectivity index (χ1n) is 5.55. The van der Waals surface area contributed by atoms with E-state index in [1.165, 1.54) is 11.3 Å². The van der Waals surface area contributed by atoms with Gasteiger partial charge in [-0.15, -0.1) is 11.3 Å². The second-order valence-electron chi connectivity index (χ2n) is 3.85. The number of fused-ring (bicyclic) bond motifs is 1. The first-order chi connectivity index (χ1) is 9.28. The van der Waals surface area contributed by atoms with Crippen LogP contribution in [0.4, 0.5) is 17.5 Å². The molecule has 0 bridgehead atoms. The molecule has 6 heteroatoms. The lowest BCUT2D eigenvalue weighted by Crippen LogP contribution is -2.01. The summed E-state index contributed by atoms with van der Waals surface area (Å²) in [4.78, 5) is 9.18. The Labute approximate surface area is 113 Å². The van der Waals surface area contributed by atoms with Crippen LogP contribution in [0.3, 0.4) is 0 Å². The molecule has 0 saturated carbocycles. The topological polar surface area (TPSA) is 87.6 Å². The number of nitrogens with two attached hydrogens (primary N) is 1. The smallest absolute Gasteiger partial charge is 0.223 e. The quantitative estimate of drug-likeness (QED) is 0.745. The van der Waals surface area contributed by atoms with Gasteiger partial charge < -0.3 is 11.1 Å². The number of para-hydroxylation sites is 1. The van der Waals surface area contributed by atoms with Crippen molar-refractivity contribution in [1.29, 1.82) is 5.26 Å². The van der Waals surface area contributed by atoms with Crippen LogP contribution in [0, 0.1) is 11.3 Å². The molecule has 92 valence electrons. The molecule has 0 aliphatic carbocycles. The fraction of sp³-hybridized carbons (Fsp3) is 0. The van der Waals surface area contributed by atoms with Gasteiger partial charge in [-0.05, 0) is 23.6 Å². The van der Waals surface area contributed by atoms with E-state index in [0.29, 0.717) is 17.1 Å². The zero-order chi connectivity index (χ0) is 13.2. The molecule has 0 aliphatic rings. The predicted octanol–water partition coefficient (Wildman–Crippen LogP) is 2.89. The van der Waals surface area contributed by atoms with Crippen LogP contribution < -0.4 is 11.1 Å². The minimum atomic E-state index is 0.215. The summed E-state index contributed by atoms with van der Waals surface area (Å²) in [5.74, 6) is 0.832. The number of hydrogen-bond acceptors (Lipinski definition) is 6. The number of benzene rings is 1. The summed E-state index contributed by atoms with van der Waals surface area (Å²) in [6, 6.07) is 11.3. The van der Waals surface area contributed by atoms with Gasteiger partial charge in [0.15, 0.2) is 0 Å². The van der Waals surface area contributed by atoms with E-state index in [2.05, 4.69) is 21.4 Å². The van der Waals surface area contributed by atoms with Gasteiger partial charge >= 0.3 is 0 Å². The highest BCUT2D eigenvalue weighted by Crippen LogP contribution is 2.28. The second kappa shape index (κ2) is 4.55. The standard InChI is InChI=1S/C13H9N5S/c14-7-8-3-1-2-4-10(8)16-11-9-5-6-19-12(9)18-13(15)17-11/h1-6H,(H3,15,16,17,18). The van der Waals surface area contributed by atoms with Crippen molar-refractivity contribution >= 4 is 39.0 Å². The molecule has 19 heavy (non-hydrogen) atoms. The molecule has 0 aliphatic heterocycles. The molecular formula is C13H9N5S. The number of nitrogens with one attached hydrogen (secondary N) is 1. The number of rotatable bonds is 2. The molecule has 0 amide bonds. The number of nitrogen functional groups attached to an aromatic ring is 1. The molecule has 0 unspecified atom stereocenters. The maximum absolute atomic E-state index is 9.08. The molecule has 3 rings (SSSR count). The summed E-state index contributed by atoms with van der Waals surface area (Å²) in [6.07, 6.45) is 0. The van der Waals surface area contributed by atoms with Gasteiger partial charge in [-0.3, -0.25) is 0 Å². The summed E-state index contributed by atoms with van der Waals surface area (Å²) >= 11 is 1.50. The van der Waals surface area contributed by atoms with Crippen LogP contribution in [-0.2, 0) is 0 Å². The normalized spacial score (nSPS) is 10.3. The van der Waals surface area contributed by atoms with Crippen molar-refractivity contribution in [3.8, 4) is 6.07 Å². The third-order valence-corrected chi connectivity index (χ3v) is 3.45. The third kappa shape index (κ3) is 2.07. The fourth-order valence-corrected chi connectivity index (χ4v) is 2.56. The molecule has 0 spiro atoms. The molecule has 5 nitrogen and oxygen atoms in total. The first-order valence-corrected chi connectivity index (χ1v) is 6.43. The molecule has 0 saturated heterocycles. The van der Waals surface area contributed by atoms with Crippen LogP contribution in [0.15, 0.2) is 35.7 Å². The Kier molecular flexibility index (Phi) is 2.74. The van der Waals surface area contributed by atoms with E-state index >= 15 is 0 Å². The van der Waals surface area contributed by atoms with E-state index in [0.717, 1.165) is 10.2 Å². The van der Waals surface area contributed by atoms with Gasteiger partial charge in [-0.2, -0.15) is 10.2 Å². The van der Waals surface area contributed by atoms with Crippen LogP contribution in [0.25, 0.3) is 10.2 Å². The molecule has 2 aromatic heterocycles.